The van der Waals surface area contributed by atoms with Gasteiger partial charge in [0.25, 0.3) is 0 Å². The summed E-state index contributed by atoms with van der Waals surface area (Å²) in [5, 5.41) is 28.9. The normalized spacial score (nSPS) is 30.4. The van der Waals surface area contributed by atoms with Gasteiger partial charge in [0.2, 0.25) is 0 Å². The lowest BCUT2D eigenvalue weighted by Gasteiger charge is -2.66. The molecule has 4 aliphatic rings. The smallest absolute Gasteiger partial charge is 0.408 e. The van der Waals surface area contributed by atoms with Crippen LogP contribution in [0.25, 0.3) is 0 Å². The number of ether oxygens (including phenoxy) is 6. The standard InChI is InChI=1S/C51H67NO16Si/c1-13-69(14-2,15-3)68-38(35(31-22-18-16-19-23-31)52-46(60)67-47(7,8)9)45(59)64-33-26-51(61)43(65-44(58)32-24-20-17-21-25-32)39-49(12,40(56)36(55)42-50(39,27-62-42)66-30(6)54)41(57)37(63-29(5)53)34(28(33)4)48(51,10)11/h16-25,33,35,37-40,42-43,56,61H,13-15,26-27H2,1-12H3,(H,52,60)/t33-,35-,37+,38+,39-,40+,42+,43-,49-,50+,51+/m0/s1. The van der Waals surface area contributed by atoms with Gasteiger partial charge in [-0.15, -0.1) is 0 Å². The molecule has 6 rings (SSSR count). The third-order valence-corrected chi connectivity index (χ3v) is 19.6. The molecule has 2 aromatic rings. The maximum Gasteiger partial charge on any atom is 0.408 e. The minimum absolute atomic E-state index is 0.0211. The fourth-order valence-electron chi connectivity index (χ4n) is 11.1. The van der Waals surface area contributed by atoms with Gasteiger partial charge in [-0.25, -0.2) is 14.4 Å². The van der Waals surface area contributed by atoms with Crippen LogP contribution in [0.15, 0.2) is 71.8 Å². The second kappa shape index (κ2) is 19.5. The van der Waals surface area contributed by atoms with Gasteiger partial charge in [0.05, 0.1) is 29.5 Å². The molecule has 1 heterocycles. The van der Waals surface area contributed by atoms with Crippen molar-refractivity contribution in [2.75, 3.05) is 6.61 Å². The first kappa shape index (κ1) is 53.1. The number of fused-ring (bicyclic) bond motifs is 5. The molecule has 376 valence electrons. The predicted molar refractivity (Wildman–Crippen MR) is 250 cm³/mol. The van der Waals surface area contributed by atoms with E-state index in [-0.39, 0.29) is 16.7 Å². The molecule has 0 aromatic heterocycles. The second-order valence-electron chi connectivity index (χ2n) is 20.4. The molecule has 0 spiro atoms. The molecule has 18 heteroatoms. The zero-order chi connectivity index (χ0) is 51.2. The molecule has 1 saturated heterocycles. The number of aliphatic hydroxyl groups is 2. The number of amides is 1. The van der Waals surface area contributed by atoms with Crippen molar-refractivity contribution in [3.05, 3.63) is 82.9 Å². The molecule has 0 unspecified atom stereocenters. The van der Waals surface area contributed by atoms with Crippen molar-refractivity contribution in [1.29, 1.82) is 0 Å². The number of benzene rings is 2. The molecule has 3 aliphatic carbocycles. The third-order valence-electron chi connectivity index (χ3n) is 14.9. The second-order valence-corrected chi connectivity index (χ2v) is 25.2. The van der Waals surface area contributed by atoms with Crippen LogP contribution >= 0.6 is 0 Å². The van der Waals surface area contributed by atoms with Crippen LogP contribution in [0, 0.1) is 16.7 Å². The first-order chi connectivity index (χ1) is 32.2. The molecule has 1 amide bonds. The Hall–Kier alpha value is -5.27. The summed E-state index contributed by atoms with van der Waals surface area (Å²) in [6, 6.07) is 17.0. The van der Waals surface area contributed by atoms with Gasteiger partial charge in [-0.3, -0.25) is 19.2 Å². The number of ketones is 2. The van der Waals surface area contributed by atoms with Gasteiger partial charge < -0.3 is 48.4 Å². The van der Waals surface area contributed by atoms with E-state index in [1.807, 2.05) is 20.8 Å². The monoisotopic (exact) mass is 977 g/mol. The Morgan fingerprint density at radius 3 is 1.96 bits per heavy atom. The number of alkyl carbamates (subject to hydrolysis) is 1. The zero-order valence-electron chi connectivity index (χ0n) is 41.5. The Morgan fingerprint density at radius 1 is 0.870 bits per heavy atom. The van der Waals surface area contributed by atoms with Crippen molar-refractivity contribution in [2.24, 2.45) is 16.7 Å². The van der Waals surface area contributed by atoms with Gasteiger partial charge in [0.1, 0.15) is 29.5 Å². The highest BCUT2D eigenvalue weighted by Crippen LogP contribution is 2.64. The third kappa shape index (κ3) is 9.42. The van der Waals surface area contributed by atoms with Gasteiger partial charge in [0, 0.05) is 25.7 Å². The molecule has 2 bridgehead atoms. The maximum absolute atomic E-state index is 15.7. The van der Waals surface area contributed by atoms with Crippen molar-refractivity contribution in [2.45, 2.75) is 167 Å². The SMILES string of the molecule is CC[Si](CC)(CC)O[C@@H](C(=O)O[C@H]1C[C@@]2(O)[C@@H](OC(=O)c3ccccc3)[C@@H]3[C@]4(OC(C)=O)CO[C@@H]4C(=O)[C@@H](O)[C@@]3(C)C(=O)[C@H](OC(C)=O)C(=C1C)C2(C)C)[C@@H](NC(=O)OC(C)(C)C)c1ccccc1. The van der Waals surface area contributed by atoms with Gasteiger partial charge in [-0.2, -0.15) is 0 Å². The van der Waals surface area contributed by atoms with Crippen molar-refractivity contribution in [3.8, 4) is 0 Å². The Balaban J connectivity index is 1.62. The highest BCUT2D eigenvalue weighted by molar-refractivity contribution is 6.73. The molecule has 3 fully saturated rings. The Bertz CT molecular complexity index is 2350. The van der Waals surface area contributed by atoms with Gasteiger partial charge in [-0.05, 0) is 81.6 Å². The molecular weight excluding hydrogens is 911 g/mol. The summed E-state index contributed by atoms with van der Waals surface area (Å²) in [7, 11) is -2.78. The minimum Gasteiger partial charge on any atom is -0.456 e. The number of hydrogen-bond donors (Lipinski definition) is 3. The van der Waals surface area contributed by atoms with E-state index < -0.39 is 139 Å². The van der Waals surface area contributed by atoms with E-state index in [9.17, 15) is 34.2 Å². The van der Waals surface area contributed by atoms with Crippen LogP contribution in [0.2, 0.25) is 18.1 Å². The lowest BCUT2D eigenvalue weighted by Crippen LogP contribution is -2.84. The molecule has 1 aliphatic heterocycles. The number of aliphatic hydroxyl groups excluding tert-OH is 1. The van der Waals surface area contributed by atoms with E-state index in [1.165, 1.54) is 26.0 Å². The van der Waals surface area contributed by atoms with Crippen LogP contribution in [0.4, 0.5) is 4.79 Å². The summed E-state index contributed by atoms with van der Waals surface area (Å²) in [6.07, 6.45) is -12.3. The predicted octanol–water partition coefficient (Wildman–Crippen LogP) is 6.04. The highest BCUT2D eigenvalue weighted by Gasteiger charge is 2.80. The summed E-state index contributed by atoms with van der Waals surface area (Å²) in [4.78, 5) is 99.7. The van der Waals surface area contributed by atoms with E-state index >= 15 is 9.59 Å². The van der Waals surface area contributed by atoms with Gasteiger partial charge in [-0.1, -0.05) is 83.1 Å². The molecule has 69 heavy (non-hydrogen) atoms. The summed E-state index contributed by atoms with van der Waals surface area (Å²) in [5.74, 6) is -7.69. The van der Waals surface area contributed by atoms with Crippen LogP contribution in [0.5, 0.6) is 0 Å². The molecule has 11 atom stereocenters. The molecular formula is C51H67NO16Si. The Kier molecular flexibility index (Phi) is 15.0. The number of nitrogens with one attached hydrogen (secondary N) is 1. The summed E-state index contributed by atoms with van der Waals surface area (Å²) >= 11 is 0. The lowest BCUT2D eigenvalue weighted by atomic mass is 9.44. The maximum atomic E-state index is 15.7. The molecule has 3 N–H and O–H groups in total. The fourth-order valence-corrected chi connectivity index (χ4v) is 13.8. The summed E-state index contributed by atoms with van der Waals surface area (Å²) in [6.45, 7) is 18.4. The molecule has 0 radical (unpaired) electrons. The van der Waals surface area contributed by atoms with Crippen molar-refractivity contribution in [3.63, 3.8) is 0 Å². The first-order valence-corrected chi connectivity index (χ1v) is 26.1. The summed E-state index contributed by atoms with van der Waals surface area (Å²) < 4.78 is 43.2. The van der Waals surface area contributed by atoms with Gasteiger partial charge >= 0.3 is 30.0 Å². The highest BCUT2D eigenvalue weighted by atomic mass is 28.4. The van der Waals surface area contributed by atoms with Crippen molar-refractivity contribution < 1.29 is 76.6 Å². The van der Waals surface area contributed by atoms with Crippen molar-refractivity contribution in [1.82, 2.24) is 5.32 Å². The number of carbonyl (C=O) groups excluding carboxylic acids is 7. The average Bonchev–Trinajstić information content (AvgIpc) is 3.27. The minimum atomic E-state index is -2.78. The fraction of sp³-hybridized carbons (Fsp3) is 0.588. The Labute approximate surface area is 404 Å². The van der Waals surface area contributed by atoms with E-state index in [2.05, 4.69) is 5.32 Å². The molecule has 2 saturated carbocycles. The topological polar surface area (TPSA) is 237 Å². The van der Waals surface area contributed by atoms with Crippen molar-refractivity contribution >= 4 is 49.9 Å². The molecule has 17 nitrogen and oxygen atoms in total. The summed E-state index contributed by atoms with van der Waals surface area (Å²) in [5.41, 5.74) is -9.13. The average molecular weight is 978 g/mol. The number of esters is 4. The zero-order valence-corrected chi connectivity index (χ0v) is 42.5. The van der Waals surface area contributed by atoms with Crippen LogP contribution in [0.3, 0.4) is 0 Å². The van der Waals surface area contributed by atoms with Crippen LogP contribution in [0.1, 0.15) is 111 Å². The van der Waals surface area contributed by atoms with Gasteiger partial charge in [0.15, 0.2) is 43.8 Å². The Morgan fingerprint density at radius 2 is 1.45 bits per heavy atom. The van der Waals surface area contributed by atoms with Crippen LogP contribution < -0.4 is 5.32 Å². The number of Topliss-reactive ketones (excluding diaryl/α,β-unsaturated/α-hetero) is 2. The first-order valence-electron chi connectivity index (χ1n) is 23.5. The van der Waals surface area contributed by atoms with E-state index in [1.54, 1.807) is 83.1 Å². The van der Waals surface area contributed by atoms with E-state index in [0.29, 0.717) is 23.7 Å². The van der Waals surface area contributed by atoms with E-state index in [4.69, 9.17) is 32.8 Å². The number of rotatable bonds is 14. The van der Waals surface area contributed by atoms with E-state index in [0.717, 1.165) is 13.8 Å². The quantitative estimate of drug-likeness (QED) is 0.0847. The lowest BCUT2D eigenvalue weighted by molar-refractivity contribution is -0.327. The largest absolute Gasteiger partial charge is 0.456 e. The van der Waals surface area contributed by atoms with Crippen LogP contribution in [-0.4, -0.2) is 120 Å². The number of carbonyl (C=O) groups is 7. The number of hydrogen-bond acceptors (Lipinski definition) is 16. The van der Waals surface area contributed by atoms with Crippen LogP contribution in [-0.2, 0) is 56.8 Å². The molecule has 2 aromatic carbocycles.